The van der Waals surface area contributed by atoms with Gasteiger partial charge in [-0.1, -0.05) is 39.0 Å². The lowest BCUT2D eigenvalue weighted by molar-refractivity contribution is 0.353. The van der Waals surface area contributed by atoms with Gasteiger partial charge in [-0.05, 0) is 23.9 Å². The maximum absolute atomic E-state index is 12.1. The zero-order valence-corrected chi connectivity index (χ0v) is 11.9. The fraction of sp³-hybridized carbons (Fsp3) is 0.714. The molecule has 1 aromatic heterocycles. The van der Waals surface area contributed by atoms with Crippen molar-refractivity contribution in [1.82, 2.24) is 9.55 Å². The Morgan fingerprint density at radius 1 is 1.25 bits per heavy atom. The normalized spacial score (nSPS) is 16.2. The van der Waals surface area contributed by atoms with Crippen LogP contribution in [-0.2, 0) is 13.0 Å². The molecule has 2 rings (SSSR count). The largest absolute Gasteiger partial charge is 0.328 e. The van der Waals surface area contributed by atoms with E-state index in [1.165, 1.54) is 19.3 Å². The van der Waals surface area contributed by atoms with E-state index in [9.17, 15) is 14.5 Å². The van der Waals surface area contributed by atoms with Crippen LogP contribution in [0.1, 0.15) is 51.1 Å². The molecule has 1 aromatic rings. The first-order chi connectivity index (χ1) is 9.67. The number of H-pyrrole nitrogens is 1. The molecule has 6 nitrogen and oxygen atoms in total. The summed E-state index contributed by atoms with van der Waals surface area (Å²) in [5.41, 5.74) is -0.704. The van der Waals surface area contributed by atoms with Crippen molar-refractivity contribution in [1.29, 1.82) is 0 Å². The molecule has 1 fully saturated rings. The molecule has 0 unspecified atom stereocenters. The Morgan fingerprint density at radius 3 is 2.55 bits per heavy atom. The molecule has 0 amide bonds. The summed E-state index contributed by atoms with van der Waals surface area (Å²) < 4.78 is 1.06. The van der Waals surface area contributed by atoms with Gasteiger partial charge < -0.3 is 4.98 Å². The summed E-state index contributed by atoms with van der Waals surface area (Å²) in [6, 6.07) is 0. The number of nitroso groups, excluding NO2 is 1. The van der Waals surface area contributed by atoms with E-state index >= 15 is 0 Å². The van der Waals surface area contributed by atoms with Crippen molar-refractivity contribution in [3.05, 3.63) is 31.4 Å². The van der Waals surface area contributed by atoms with Gasteiger partial charge in [0.1, 0.15) is 0 Å². The monoisotopic (exact) mass is 279 g/mol. The molecule has 1 saturated carbocycles. The van der Waals surface area contributed by atoms with Gasteiger partial charge in [0.15, 0.2) is 5.69 Å². The molecule has 0 bridgehead atoms. The summed E-state index contributed by atoms with van der Waals surface area (Å²) in [5.74, 6) is 0.432. The molecule has 1 aliphatic rings. The van der Waals surface area contributed by atoms with Crippen LogP contribution in [-0.4, -0.2) is 9.55 Å². The van der Waals surface area contributed by atoms with Crippen LogP contribution < -0.4 is 11.2 Å². The van der Waals surface area contributed by atoms with E-state index in [2.05, 4.69) is 10.2 Å². The third kappa shape index (κ3) is 3.05. The molecule has 0 aromatic carbocycles. The molecule has 0 spiro atoms. The third-order valence-corrected chi connectivity index (χ3v) is 3.99. The molecule has 110 valence electrons. The molecule has 0 radical (unpaired) electrons. The third-order valence-electron chi connectivity index (χ3n) is 3.99. The van der Waals surface area contributed by atoms with E-state index in [1.54, 1.807) is 0 Å². The fourth-order valence-corrected chi connectivity index (χ4v) is 2.95. The van der Waals surface area contributed by atoms with Crippen LogP contribution in [0.5, 0.6) is 0 Å². The van der Waals surface area contributed by atoms with Crippen molar-refractivity contribution >= 4 is 5.69 Å². The van der Waals surface area contributed by atoms with Crippen molar-refractivity contribution in [3.63, 3.8) is 0 Å². The van der Waals surface area contributed by atoms with Crippen LogP contribution >= 0.6 is 0 Å². The Bertz CT molecular complexity index is 582. The van der Waals surface area contributed by atoms with Crippen LogP contribution in [0, 0.1) is 10.8 Å². The predicted octanol–water partition coefficient (Wildman–Crippen LogP) is 2.47. The minimum absolute atomic E-state index is 0.122. The summed E-state index contributed by atoms with van der Waals surface area (Å²) in [7, 11) is 0. The summed E-state index contributed by atoms with van der Waals surface area (Å²) >= 11 is 0. The highest BCUT2D eigenvalue weighted by Gasteiger charge is 2.20. The predicted molar refractivity (Wildman–Crippen MR) is 77.3 cm³/mol. The number of aromatic nitrogens is 2. The average molecular weight is 279 g/mol. The van der Waals surface area contributed by atoms with Gasteiger partial charge in [0.05, 0.1) is 5.69 Å². The van der Waals surface area contributed by atoms with Crippen LogP contribution in [0.3, 0.4) is 0 Å². The lowest BCUT2D eigenvalue weighted by Crippen LogP contribution is -2.36. The van der Waals surface area contributed by atoms with Gasteiger partial charge in [-0.2, -0.15) is 0 Å². The van der Waals surface area contributed by atoms with E-state index < -0.39 is 11.2 Å². The Labute approximate surface area is 117 Å². The summed E-state index contributed by atoms with van der Waals surface area (Å²) in [5, 5.41) is 2.87. The van der Waals surface area contributed by atoms with Gasteiger partial charge in [-0.3, -0.25) is 9.36 Å². The minimum atomic E-state index is -0.559. The van der Waals surface area contributed by atoms with Gasteiger partial charge >= 0.3 is 5.69 Å². The highest BCUT2D eigenvalue weighted by atomic mass is 16.3. The number of nitrogens with one attached hydrogen (secondary N) is 1. The van der Waals surface area contributed by atoms with E-state index in [0.29, 0.717) is 31.0 Å². The number of aromatic amines is 1. The maximum Gasteiger partial charge on any atom is 0.328 e. The summed E-state index contributed by atoms with van der Waals surface area (Å²) in [6.45, 7) is 2.18. The van der Waals surface area contributed by atoms with Crippen LogP contribution in [0.25, 0.3) is 0 Å². The van der Waals surface area contributed by atoms with Crippen molar-refractivity contribution in [2.75, 3.05) is 0 Å². The van der Waals surface area contributed by atoms with E-state index in [1.807, 2.05) is 6.92 Å². The van der Waals surface area contributed by atoms with Crippen molar-refractivity contribution in [2.24, 2.45) is 11.1 Å². The second-order valence-corrected chi connectivity index (χ2v) is 5.51. The van der Waals surface area contributed by atoms with E-state index in [-0.39, 0.29) is 5.69 Å². The molecule has 1 N–H and O–H groups in total. The molecule has 1 aliphatic carbocycles. The quantitative estimate of drug-likeness (QED) is 0.840. The molecule has 20 heavy (non-hydrogen) atoms. The van der Waals surface area contributed by atoms with E-state index in [0.717, 1.165) is 17.4 Å². The van der Waals surface area contributed by atoms with Gasteiger partial charge in [0.25, 0.3) is 5.56 Å². The molecule has 1 heterocycles. The number of nitrogens with zero attached hydrogens (tertiary/aromatic N) is 2. The topological polar surface area (TPSA) is 84.3 Å². The number of hydrogen-bond acceptors (Lipinski definition) is 4. The van der Waals surface area contributed by atoms with Crippen molar-refractivity contribution in [3.8, 4) is 0 Å². The fourth-order valence-electron chi connectivity index (χ4n) is 2.95. The zero-order chi connectivity index (χ0) is 14.5. The number of hydrogen-bond donors (Lipinski definition) is 1. The standard InChI is InChI=1S/C14H21N3O3/c1-2-8-17-13(18)12(16-20)11(15-14(17)19)9-10-6-4-3-5-7-10/h10H,2-9H2,1H3,(H,15,19). The molecule has 0 saturated heterocycles. The highest BCUT2D eigenvalue weighted by Crippen LogP contribution is 2.27. The molecule has 0 atom stereocenters. The van der Waals surface area contributed by atoms with Gasteiger partial charge in [0, 0.05) is 6.54 Å². The SMILES string of the molecule is CCCn1c(=O)[nH]c(CC2CCCCC2)c(N=O)c1=O. The zero-order valence-electron chi connectivity index (χ0n) is 11.9. The van der Waals surface area contributed by atoms with E-state index in [4.69, 9.17) is 0 Å². The molecule has 6 heteroatoms. The summed E-state index contributed by atoms with van der Waals surface area (Å²) in [4.78, 5) is 37.7. The highest BCUT2D eigenvalue weighted by molar-refractivity contribution is 5.39. The Balaban J connectivity index is 2.35. The van der Waals surface area contributed by atoms with Crippen LogP contribution in [0.15, 0.2) is 14.8 Å². The van der Waals surface area contributed by atoms with Crippen molar-refractivity contribution in [2.45, 2.75) is 58.4 Å². The second-order valence-electron chi connectivity index (χ2n) is 5.51. The molecular formula is C14H21N3O3. The maximum atomic E-state index is 12.1. The Hall–Kier alpha value is -1.72. The minimum Gasteiger partial charge on any atom is -0.309 e. The molecular weight excluding hydrogens is 258 g/mol. The van der Waals surface area contributed by atoms with Crippen molar-refractivity contribution < 1.29 is 0 Å². The lowest BCUT2D eigenvalue weighted by Gasteiger charge is -2.21. The van der Waals surface area contributed by atoms with Crippen LogP contribution in [0.4, 0.5) is 5.69 Å². The first-order valence-electron chi connectivity index (χ1n) is 7.36. The number of rotatable bonds is 5. The lowest BCUT2D eigenvalue weighted by atomic mass is 9.86. The smallest absolute Gasteiger partial charge is 0.309 e. The second kappa shape index (κ2) is 6.63. The van der Waals surface area contributed by atoms with Gasteiger partial charge in [-0.15, -0.1) is 4.91 Å². The Morgan fingerprint density at radius 2 is 1.95 bits per heavy atom. The molecule has 0 aliphatic heterocycles. The first kappa shape index (κ1) is 14.7. The van der Waals surface area contributed by atoms with Gasteiger partial charge in [-0.25, -0.2) is 4.79 Å². The first-order valence-corrected chi connectivity index (χ1v) is 7.36. The average Bonchev–Trinajstić information content (AvgIpc) is 2.45. The summed E-state index contributed by atoms with van der Waals surface area (Å²) in [6.07, 6.45) is 6.97. The van der Waals surface area contributed by atoms with Gasteiger partial charge in [0.2, 0.25) is 0 Å². The van der Waals surface area contributed by atoms with Crippen LogP contribution in [0.2, 0.25) is 0 Å². The Kier molecular flexibility index (Phi) is 4.87.